The first-order chi connectivity index (χ1) is 12.9. The van der Waals surface area contributed by atoms with Gasteiger partial charge in [-0.1, -0.05) is 29.8 Å². The topological polar surface area (TPSA) is 72.2 Å². The van der Waals surface area contributed by atoms with E-state index < -0.39 is 0 Å². The fourth-order valence-electron chi connectivity index (χ4n) is 2.78. The number of nitrogens with zero attached hydrogens (tertiary/aromatic N) is 4. The fraction of sp³-hybridized carbons (Fsp3) is 0.300. The summed E-state index contributed by atoms with van der Waals surface area (Å²) in [6.45, 7) is 8.65. The number of benzene rings is 1. The maximum Gasteiger partial charge on any atom is 0.246 e. The molecule has 0 fully saturated rings. The van der Waals surface area contributed by atoms with E-state index in [2.05, 4.69) is 51.8 Å². The summed E-state index contributed by atoms with van der Waals surface area (Å²) in [6.07, 6.45) is 1.89. The summed E-state index contributed by atoms with van der Waals surface area (Å²) in [7, 11) is 0. The zero-order valence-electron chi connectivity index (χ0n) is 16.0. The van der Waals surface area contributed by atoms with Crippen LogP contribution in [0.3, 0.4) is 0 Å². The number of amides is 1. The van der Waals surface area contributed by atoms with Crippen molar-refractivity contribution in [3.63, 3.8) is 0 Å². The van der Waals surface area contributed by atoms with E-state index in [4.69, 9.17) is 0 Å². The third-order valence-corrected chi connectivity index (χ3v) is 5.10. The number of nitrogens with one attached hydrogen (secondary N) is 1. The van der Waals surface area contributed by atoms with Gasteiger partial charge >= 0.3 is 0 Å². The molecule has 0 atom stereocenters. The van der Waals surface area contributed by atoms with Crippen molar-refractivity contribution < 1.29 is 4.79 Å². The lowest BCUT2D eigenvalue weighted by Crippen LogP contribution is -2.20. The Hall–Kier alpha value is -2.80. The second-order valence-electron chi connectivity index (χ2n) is 6.56. The van der Waals surface area contributed by atoms with E-state index in [0.717, 1.165) is 27.7 Å². The summed E-state index contributed by atoms with van der Waals surface area (Å²) < 4.78 is 1.96. The highest BCUT2D eigenvalue weighted by Crippen LogP contribution is 2.13. The number of hydrazone groups is 1. The summed E-state index contributed by atoms with van der Waals surface area (Å²) in [6, 6.07) is 8.42. The Balaban J connectivity index is 1.64. The van der Waals surface area contributed by atoms with Gasteiger partial charge in [-0.15, -0.1) is 11.3 Å². The van der Waals surface area contributed by atoms with Crippen LogP contribution in [0.5, 0.6) is 0 Å². The number of hydrogen-bond donors (Lipinski definition) is 1. The molecule has 6 nitrogen and oxygen atoms in total. The van der Waals surface area contributed by atoms with Gasteiger partial charge in [-0.05, 0) is 33.3 Å². The second kappa shape index (κ2) is 8.26. The first-order valence-electron chi connectivity index (χ1n) is 8.75. The first kappa shape index (κ1) is 19.0. The Morgan fingerprint density at radius 1 is 1.22 bits per heavy atom. The fourth-order valence-corrected chi connectivity index (χ4v) is 3.39. The van der Waals surface area contributed by atoms with E-state index in [1.807, 2.05) is 30.8 Å². The van der Waals surface area contributed by atoms with Gasteiger partial charge in [0.2, 0.25) is 5.91 Å². The average molecular weight is 382 g/mol. The van der Waals surface area contributed by atoms with Gasteiger partial charge in [0.25, 0.3) is 0 Å². The lowest BCUT2D eigenvalue weighted by Gasteiger charge is -2.05. The van der Waals surface area contributed by atoms with Crippen molar-refractivity contribution in [1.82, 2.24) is 20.2 Å². The lowest BCUT2D eigenvalue weighted by atomic mass is 10.1. The van der Waals surface area contributed by atoms with Crippen LogP contribution in [0, 0.1) is 27.7 Å². The molecule has 7 heteroatoms. The van der Waals surface area contributed by atoms with Crippen LogP contribution >= 0.6 is 11.3 Å². The molecule has 0 radical (unpaired) electrons. The number of carbonyl (C=O) groups excluding carboxylic acids is 1. The zero-order chi connectivity index (χ0) is 19.4. The van der Waals surface area contributed by atoms with Crippen LogP contribution in [0.2, 0.25) is 0 Å². The quantitative estimate of drug-likeness (QED) is 0.526. The molecule has 0 aliphatic rings. The van der Waals surface area contributed by atoms with Crippen LogP contribution < -0.4 is 5.43 Å². The minimum atomic E-state index is -0.182. The minimum absolute atomic E-state index is 0.182. The van der Waals surface area contributed by atoms with Crippen LogP contribution in [-0.2, 0) is 17.8 Å². The van der Waals surface area contributed by atoms with E-state index in [9.17, 15) is 4.79 Å². The van der Waals surface area contributed by atoms with E-state index in [-0.39, 0.29) is 12.3 Å². The van der Waals surface area contributed by atoms with Crippen LogP contribution in [0.1, 0.15) is 38.8 Å². The van der Waals surface area contributed by atoms with Gasteiger partial charge in [-0.3, -0.25) is 9.48 Å². The highest BCUT2D eigenvalue weighted by Gasteiger charge is 2.11. The third-order valence-electron chi connectivity index (χ3n) is 4.28. The van der Waals surface area contributed by atoms with Crippen LogP contribution in [0.15, 0.2) is 34.7 Å². The van der Waals surface area contributed by atoms with Gasteiger partial charge in [0.05, 0.1) is 35.6 Å². The van der Waals surface area contributed by atoms with Crippen molar-refractivity contribution in [2.24, 2.45) is 5.10 Å². The molecule has 0 aliphatic heterocycles. The number of carbonyl (C=O) groups is 1. The largest absolute Gasteiger partial charge is 0.273 e. The summed E-state index contributed by atoms with van der Waals surface area (Å²) in [4.78, 5) is 16.3. The van der Waals surface area contributed by atoms with E-state index in [1.54, 1.807) is 6.21 Å². The molecule has 1 amide bonds. The molecule has 140 valence electrons. The van der Waals surface area contributed by atoms with Crippen LogP contribution in [-0.4, -0.2) is 26.9 Å². The van der Waals surface area contributed by atoms with E-state index >= 15 is 0 Å². The Labute approximate surface area is 163 Å². The van der Waals surface area contributed by atoms with Crippen molar-refractivity contribution >= 4 is 23.5 Å². The molecule has 0 saturated heterocycles. The highest BCUT2D eigenvalue weighted by atomic mass is 32.1. The molecule has 1 N–H and O–H groups in total. The summed E-state index contributed by atoms with van der Waals surface area (Å²) in [5, 5.41) is 11.5. The monoisotopic (exact) mass is 381 g/mol. The Kier molecular flexibility index (Phi) is 5.81. The second-order valence-corrected chi connectivity index (χ2v) is 7.62. The van der Waals surface area contributed by atoms with E-state index in [1.165, 1.54) is 22.5 Å². The van der Waals surface area contributed by atoms with Crippen LogP contribution in [0.25, 0.3) is 0 Å². The number of aryl methyl sites for hydroxylation is 3. The lowest BCUT2D eigenvalue weighted by molar-refractivity contribution is -0.120. The molecule has 2 aromatic heterocycles. The van der Waals surface area contributed by atoms with Crippen LogP contribution in [0.4, 0.5) is 0 Å². The molecule has 27 heavy (non-hydrogen) atoms. The number of hydrogen-bond acceptors (Lipinski definition) is 5. The minimum Gasteiger partial charge on any atom is -0.273 e. The van der Waals surface area contributed by atoms with Crippen molar-refractivity contribution in [3.8, 4) is 0 Å². The van der Waals surface area contributed by atoms with Gasteiger partial charge < -0.3 is 0 Å². The first-order valence-corrected chi connectivity index (χ1v) is 9.63. The molecular formula is C20H23N5OS. The molecule has 0 bridgehead atoms. The maximum absolute atomic E-state index is 12.0. The molecule has 0 saturated carbocycles. The predicted molar refractivity (Wildman–Crippen MR) is 108 cm³/mol. The molecule has 3 rings (SSSR count). The van der Waals surface area contributed by atoms with Crippen molar-refractivity contribution in [2.75, 3.05) is 0 Å². The predicted octanol–water partition coefficient (Wildman–Crippen LogP) is 3.31. The molecule has 2 heterocycles. The number of thiazole rings is 1. The molecule has 0 spiro atoms. The van der Waals surface area contributed by atoms with Gasteiger partial charge in [0.15, 0.2) is 0 Å². The maximum atomic E-state index is 12.0. The Bertz CT molecular complexity index is 969. The molecule has 3 aromatic rings. The number of aromatic nitrogens is 3. The Morgan fingerprint density at radius 3 is 2.63 bits per heavy atom. The molecule has 0 unspecified atom stereocenters. The summed E-state index contributed by atoms with van der Waals surface area (Å²) >= 11 is 1.53. The summed E-state index contributed by atoms with van der Waals surface area (Å²) in [5.74, 6) is -0.182. The SMILES string of the molecule is Cc1ccc(Cn2nc(C)c(/C=N\NC(=O)Cc3csc(C)n3)c2C)cc1. The van der Waals surface area contributed by atoms with Crippen molar-refractivity contribution in [3.05, 3.63) is 68.4 Å². The summed E-state index contributed by atoms with van der Waals surface area (Å²) in [5.41, 5.74) is 8.59. The van der Waals surface area contributed by atoms with Gasteiger partial charge in [-0.2, -0.15) is 10.2 Å². The van der Waals surface area contributed by atoms with E-state index in [0.29, 0.717) is 6.54 Å². The standard InChI is InChI=1S/C20H23N5OS/c1-13-5-7-17(8-6-13)11-25-15(3)19(14(2)24-25)10-21-23-20(26)9-18-12-27-16(4)22-18/h5-8,10,12H,9,11H2,1-4H3,(H,23,26)/b21-10-. The normalized spacial score (nSPS) is 11.3. The molecule has 1 aromatic carbocycles. The van der Waals surface area contributed by atoms with Gasteiger partial charge in [-0.25, -0.2) is 10.4 Å². The molecule has 0 aliphatic carbocycles. The van der Waals surface area contributed by atoms with Crippen molar-refractivity contribution in [2.45, 2.75) is 40.7 Å². The van der Waals surface area contributed by atoms with Gasteiger partial charge in [0.1, 0.15) is 0 Å². The third kappa shape index (κ3) is 4.89. The zero-order valence-corrected chi connectivity index (χ0v) is 16.8. The smallest absolute Gasteiger partial charge is 0.246 e. The molecular weight excluding hydrogens is 358 g/mol. The number of rotatable bonds is 6. The Morgan fingerprint density at radius 2 is 1.96 bits per heavy atom. The average Bonchev–Trinajstić information content (AvgIpc) is 3.14. The highest BCUT2D eigenvalue weighted by molar-refractivity contribution is 7.09. The van der Waals surface area contributed by atoms with Crippen molar-refractivity contribution in [1.29, 1.82) is 0 Å². The van der Waals surface area contributed by atoms with Gasteiger partial charge in [0, 0.05) is 16.6 Å².